The van der Waals surface area contributed by atoms with Crippen LogP contribution in [0, 0.1) is 24.7 Å². The van der Waals surface area contributed by atoms with Gasteiger partial charge in [0.15, 0.2) is 5.78 Å². The molecule has 6 rings (SSSR count). The van der Waals surface area contributed by atoms with Crippen LogP contribution in [0.4, 0.5) is 0 Å². The fraction of sp³-hybridized carbons (Fsp3) is 0.359. The predicted octanol–water partition coefficient (Wildman–Crippen LogP) is 8.00. The average Bonchev–Trinajstić information content (AvgIpc) is 3.07. The van der Waals surface area contributed by atoms with Crippen LogP contribution < -0.4 is 15.8 Å². The highest BCUT2D eigenvalue weighted by Gasteiger charge is 2.45. The summed E-state index contributed by atoms with van der Waals surface area (Å²) in [7, 11) is 3.18. The number of carbonyl (C=O) groups excluding carboxylic acids is 1. The number of nitrogens with one attached hydrogen (secondary N) is 1. The first-order chi connectivity index (χ1) is 21.9. The van der Waals surface area contributed by atoms with Gasteiger partial charge in [-0.2, -0.15) is 0 Å². The second kappa shape index (κ2) is 15.2. The summed E-state index contributed by atoms with van der Waals surface area (Å²) in [4.78, 5) is 12.5. The molecule has 6 nitrogen and oxygen atoms in total. The zero-order valence-electron chi connectivity index (χ0n) is 27.3. The lowest BCUT2D eigenvalue weighted by Gasteiger charge is -2.43. The van der Waals surface area contributed by atoms with Crippen molar-refractivity contribution in [1.29, 1.82) is 0 Å². The van der Waals surface area contributed by atoms with Gasteiger partial charge in [0.05, 0.1) is 19.1 Å². The number of carbonyl (C=O) groups is 1. The topological polar surface area (TPSA) is 105 Å². The van der Waals surface area contributed by atoms with E-state index in [1.54, 1.807) is 7.11 Å². The minimum atomic E-state index is -0.134. The van der Waals surface area contributed by atoms with E-state index in [1.807, 2.05) is 26.0 Å². The van der Waals surface area contributed by atoms with Crippen molar-refractivity contribution in [2.45, 2.75) is 59.5 Å². The Bertz CT molecular complexity index is 1570. The van der Waals surface area contributed by atoms with E-state index < -0.39 is 0 Å². The predicted molar refractivity (Wildman–Crippen MR) is 184 cm³/mol. The van der Waals surface area contributed by atoms with Crippen molar-refractivity contribution in [3.05, 3.63) is 118 Å². The van der Waals surface area contributed by atoms with Crippen molar-refractivity contribution in [2.75, 3.05) is 14.2 Å². The summed E-state index contributed by atoms with van der Waals surface area (Å²) in [6, 6.07) is 21.2. The highest BCUT2D eigenvalue weighted by Crippen LogP contribution is 2.53. The number of benzene rings is 3. The first-order valence-electron chi connectivity index (χ1n) is 16.0. The monoisotopic (exact) mass is 608 g/mol. The number of hydrogen-bond acceptors (Lipinski definition) is 6. The highest BCUT2D eigenvalue weighted by molar-refractivity contribution is 5.96. The van der Waals surface area contributed by atoms with Crippen LogP contribution in [0.5, 0.6) is 5.75 Å². The molecule has 0 bridgehead atoms. The molecule has 0 spiro atoms. The van der Waals surface area contributed by atoms with Gasteiger partial charge in [0.25, 0.3) is 0 Å². The molecule has 0 aliphatic heterocycles. The van der Waals surface area contributed by atoms with Crippen molar-refractivity contribution in [2.24, 2.45) is 23.5 Å². The lowest BCUT2D eigenvalue weighted by atomic mass is 9.61. The largest absolute Gasteiger partial charge is 0.515 e. The van der Waals surface area contributed by atoms with Gasteiger partial charge in [0, 0.05) is 36.6 Å². The molecule has 0 amide bonds. The number of ether oxygens (including phenoxy) is 1. The maximum atomic E-state index is 12.5. The first kappa shape index (κ1) is 33.8. The minimum absolute atomic E-state index is 0.00449. The number of rotatable bonds is 6. The zero-order chi connectivity index (χ0) is 32.7. The molecule has 3 unspecified atom stereocenters. The Balaban J connectivity index is 0.00000111. The van der Waals surface area contributed by atoms with E-state index in [9.17, 15) is 15.0 Å². The van der Waals surface area contributed by atoms with Crippen LogP contribution in [0.25, 0.3) is 16.7 Å². The molecule has 3 atom stereocenters. The molecular weight excluding hydrogens is 560 g/mol. The summed E-state index contributed by atoms with van der Waals surface area (Å²) in [5, 5.41) is 24.5. The van der Waals surface area contributed by atoms with E-state index in [0.29, 0.717) is 24.2 Å². The average molecular weight is 609 g/mol. The highest BCUT2D eigenvalue weighted by atomic mass is 16.5. The van der Waals surface area contributed by atoms with Crippen LogP contribution in [0.1, 0.15) is 60.9 Å². The van der Waals surface area contributed by atoms with Crippen LogP contribution in [-0.4, -0.2) is 30.2 Å². The van der Waals surface area contributed by atoms with E-state index >= 15 is 0 Å². The van der Waals surface area contributed by atoms with Crippen LogP contribution >= 0.6 is 0 Å². The SMILES string of the molecule is C=C1C2=C(O)C3C/C(=C\O)C(=O)CC3CC2Cc2c(-c3ccc(CNCc4ccc(OC)cc4)cc3)ccc(C)c21.CC.CN. The third-order valence-electron chi connectivity index (χ3n) is 9.27. The van der Waals surface area contributed by atoms with Crippen LogP contribution in [-0.2, 0) is 24.3 Å². The van der Waals surface area contributed by atoms with Crippen molar-refractivity contribution in [3.8, 4) is 16.9 Å². The molecule has 3 aromatic carbocycles. The third-order valence-corrected chi connectivity index (χ3v) is 9.27. The molecule has 0 aromatic heterocycles. The van der Waals surface area contributed by atoms with Gasteiger partial charge in [-0.05, 0) is 102 Å². The maximum absolute atomic E-state index is 12.5. The van der Waals surface area contributed by atoms with Crippen LogP contribution in [0.2, 0.25) is 0 Å². The first-order valence-corrected chi connectivity index (χ1v) is 16.0. The van der Waals surface area contributed by atoms with Gasteiger partial charge in [-0.15, -0.1) is 0 Å². The normalized spacial score (nSPS) is 21.0. The Kier molecular flexibility index (Phi) is 11.4. The number of methoxy groups -OCH3 is 1. The molecule has 0 radical (unpaired) electrons. The van der Waals surface area contributed by atoms with Crippen molar-refractivity contribution < 1.29 is 19.7 Å². The molecule has 0 heterocycles. The lowest BCUT2D eigenvalue weighted by Crippen LogP contribution is -2.37. The molecule has 45 heavy (non-hydrogen) atoms. The molecular formula is C39H48N2O4. The number of fused-ring (bicyclic) bond motifs is 3. The number of aryl methyl sites for hydroxylation is 1. The molecule has 3 aliphatic carbocycles. The van der Waals surface area contributed by atoms with Gasteiger partial charge in [-0.3, -0.25) is 4.79 Å². The third kappa shape index (κ3) is 6.92. The Morgan fingerprint density at radius 2 is 1.58 bits per heavy atom. The molecule has 1 saturated carbocycles. The second-order valence-electron chi connectivity index (χ2n) is 11.7. The number of allylic oxidation sites excluding steroid dienone is 4. The van der Waals surface area contributed by atoms with Gasteiger partial charge < -0.3 is 26.0 Å². The molecule has 0 saturated heterocycles. The summed E-state index contributed by atoms with van der Waals surface area (Å²) in [6.07, 6.45) is 3.35. The quantitative estimate of drug-likeness (QED) is 0.167. The Labute approximate surface area is 268 Å². The standard InChI is InChI=1S/C36H37NO4.C2H6.CH5N/c1-21-4-13-30(25-9-5-23(6-10-25)18-37-19-24-7-11-29(41-3)12-8-24)32-15-27-14-26-17-33(39)28(20-38)16-31(26)36(40)35(27)22(2)34(21)32;2*1-2/h4-13,20,26-27,31,37-38,40H,2,14-19H2,1,3H3;1-2H3;2H2,1H3/b28-20+;;. The minimum Gasteiger partial charge on any atom is -0.515 e. The Hall–Kier alpha value is -4.13. The van der Waals surface area contributed by atoms with E-state index in [2.05, 4.69) is 73.1 Å². The van der Waals surface area contributed by atoms with Gasteiger partial charge in [0.1, 0.15) is 5.75 Å². The number of ketones is 1. The number of nitrogens with two attached hydrogens (primary N) is 1. The second-order valence-corrected chi connectivity index (χ2v) is 11.7. The van der Waals surface area contributed by atoms with E-state index in [-0.39, 0.29) is 23.5 Å². The molecule has 1 fully saturated rings. The van der Waals surface area contributed by atoms with Crippen molar-refractivity contribution >= 4 is 11.4 Å². The zero-order valence-corrected chi connectivity index (χ0v) is 27.3. The Morgan fingerprint density at radius 1 is 0.956 bits per heavy atom. The van der Waals surface area contributed by atoms with Gasteiger partial charge in [0.2, 0.25) is 0 Å². The van der Waals surface area contributed by atoms with E-state index in [1.165, 1.54) is 34.9 Å². The lowest BCUT2D eigenvalue weighted by molar-refractivity contribution is -0.118. The van der Waals surface area contributed by atoms with Crippen LogP contribution in [0.3, 0.4) is 0 Å². The molecule has 3 aromatic rings. The fourth-order valence-electron chi connectivity index (χ4n) is 7.15. The van der Waals surface area contributed by atoms with Gasteiger partial charge in [-0.25, -0.2) is 0 Å². The number of hydrogen-bond donors (Lipinski definition) is 4. The summed E-state index contributed by atoms with van der Waals surface area (Å²) >= 11 is 0. The summed E-state index contributed by atoms with van der Waals surface area (Å²) in [5.41, 5.74) is 15.1. The Morgan fingerprint density at radius 3 is 2.18 bits per heavy atom. The number of Topliss-reactive ketones (excluding diaryl/α,β-unsaturated/α-hetero) is 1. The van der Waals surface area contributed by atoms with Crippen LogP contribution in [0.15, 0.2) is 90.4 Å². The van der Waals surface area contributed by atoms with E-state index in [4.69, 9.17) is 4.74 Å². The summed E-state index contributed by atoms with van der Waals surface area (Å²) < 4.78 is 5.24. The van der Waals surface area contributed by atoms with Crippen molar-refractivity contribution in [3.63, 3.8) is 0 Å². The van der Waals surface area contributed by atoms with Crippen molar-refractivity contribution in [1.82, 2.24) is 5.32 Å². The molecule has 3 aliphatic rings. The fourth-order valence-corrected chi connectivity index (χ4v) is 7.15. The summed E-state index contributed by atoms with van der Waals surface area (Å²) in [6.45, 7) is 12.2. The van der Waals surface area contributed by atoms with Gasteiger partial charge >= 0.3 is 0 Å². The molecule has 238 valence electrons. The maximum Gasteiger partial charge on any atom is 0.162 e. The van der Waals surface area contributed by atoms with Gasteiger partial charge in [-0.1, -0.05) is 69.0 Å². The van der Waals surface area contributed by atoms with E-state index in [0.717, 1.165) is 60.2 Å². The number of aliphatic hydroxyl groups is 2. The number of aliphatic hydroxyl groups excluding tert-OH is 2. The molecule has 6 heteroatoms. The summed E-state index contributed by atoms with van der Waals surface area (Å²) in [5.74, 6) is 1.31. The molecule has 5 N–H and O–H groups in total. The smallest absolute Gasteiger partial charge is 0.162 e.